The number of nitrogens with one attached hydrogen (secondary N) is 1. The predicted octanol–water partition coefficient (Wildman–Crippen LogP) is 5.27. The molecule has 8 heteroatoms. The normalized spacial score (nSPS) is 18.1. The Kier molecular flexibility index (Phi) is 7.74. The number of ether oxygens (including phenoxy) is 1. The summed E-state index contributed by atoms with van der Waals surface area (Å²) >= 11 is 5.01. The van der Waals surface area contributed by atoms with Gasteiger partial charge in [0, 0.05) is 70.5 Å². The van der Waals surface area contributed by atoms with E-state index in [0.717, 1.165) is 124 Å². The lowest BCUT2D eigenvalue weighted by Gasteiger charge is -2.39. The second-order valence-corrected chi connectivity index (χ2v) is 15.7. The first kappa shape index (κ1) is 29.6. The number of anilines is 1. The van der Waals surface area contributed by atoms with Crippen molar-refractivity contribution in [2.75, 3.05) is 37.6 Å². The van der Waals surface area contributed by atoms with E-state index in [4.69, 9.17) is 17.4 Å². The Morgan fingerprint density at radius 1 is 0.867 bits per heavy atom. The Balaban J connectivity index is 1.33. The molecule has 0 aromatic heterocycles. The van der Waals surface area contributed by atoms with Gasteiger partial charge in [-0.05, 0) is 80.3 Å². The molecular weight excluding hydrogens is 599 g/mol. The van der Waals surface area contributed by atoms with Crippen LogP contribution in [0.25, 0.3) is 5.57 Å². The maximum Gasteiger partial charge on any atom is 0.240 e. The number of aryl methyl sites for hydroxylation is 2. The predicted molar refractivity (Wildman–Crippen MR) is 183 cm³/mol. The SMILES string of the molecule is CCCCCCNS(=O)(=O)c1ccc(C2=c3cc4c5c(c3Oc3c2cc2c6c3CCCN6CCC2)CCC[N+]=5CCC4)c(S)c1. The molecule has 5 heterocycles. The largest absolute Gasteiger partial charge is 0.455 e. The molecule has 0 saturated heterocycles. The molecule has 5 aliphatic rings. The average Bonchev–Trinajstić information content (AvgIpc) is 3.05. The molecule has 0 saturated carbocycles. The van der Waals surface area contributed by atoms with Gasteiger partial charge in [-0.15, -0.1) is 12.6 Å². The first-order valence-corrected chi connectivity index (χ1v) is 19.1. The van der Waals surface area contributed by atoms with Crippen molar-refractivity contribution in [3.8, 4) is 11.5 Å². The van der Waals surface area contributed by atoms with Crippen molar-refractivity contribution in [1.29, 1.82) is 0 Å². The molecule has 6 nitrogen and oxygen atoms in total. The number of unbranched alkanes of at least 4 members (excludes halogenated alkanes) is 3. The molecule has 0 unspecified atom stereocenters. The lowest BCUT2D eigenvalue weighted by molar-refractivity contribution is 0.431. The van der Waals surface area contributed by atoms with Gasteiger partial charge >= 0.3 is 0 Å². The summed E-state index contributed by atoms with van der Waals surface area (Å²) in [6.45, 7) is 7.07. The standard InChI is InChI=1S/C37H43N3O3S2/c1-2-3-4-5-16-38-45(41,42)26-14-15-27(32(44)23-26)33-30-21-24-10-6-17-39-19-8-12-28(34(24)39)36(30)43-37-29-13-9-20-40-18-7-11-25(35(29)40)22-31(33)37/h14-15,21-23,38H,2-13,16-20H2,1H3/p+1. The summed E-state index contributed by atoms with van der Waals surface area (Å²) in [6.07, 6.45) is 12.9. The Bertz CT molecular complexity index is 1940. The number of thiol groups is 1. The van der Waals surface area contributed by atoms with Crippen molar-refractivity contribution in [2.45, 2.75) is 93.8 Å². The first-order chi connectivity index (χ1) is 21.9. The van der Waals surface area contributed by atoms with Gasteiger partial charge < -0.3 is 9.64 Å². The van der Waals surface area contributed by atoms with E-state index >= 15 is 0 Å². The third-order valence-corrected chi connectivity index (χ3v) is 12.4. The molecule has 8 rings (SSSR count). The lowest BCUT2D eigenvalue weighted by atomic mass is 9.82. The summed E-state index contributed by atoms with van der Waals surface area (Å²) in [5.41, 5.74) is 10.2. The summed E-state index contributed by atoms with van der Waals surface area (Å²) in [4.78, 5) is 3.53. The molecule has 3 aromatic carbocycles. The van der Waals surface area contributed by atoms with E-state index in [1.54, 1.807) is 12.1 Å². The summed E-state index contributed by atoms with van der Waals surface area (Å²) in [5, 5.41) is 2.54. The van der Waals surface area contributed by atoms with Gasteiger partial charge in [0.15, 0.2) is 0 Å². The number of benzene rings is 3. The Morgan fingerprint density at radius 2 is 1.64 bits per heavy atom. The van der Waals surface area contributed by atoms with Crippen LogP contribution in [0.3, 0.4) is 0 Å². The first-order valence-electron chi connectivity index (χ1n) is 17.2. The number of rotatable bonds is 8. The fourth-order valence-corrected chi connectivity index (χ4v) is 10.0. The van der Waals surface area contributed by atoms with Crippen LogP contribution in [0.2, 0.25) is 0 Å². The van der Waals surface area contributed by atoms with Crippen LogP contribution in [0.15, 0.2) is 40.1 Å². The highest BCUT2D eigenvalue weighted by atomic mass is 32.2. The maximum absolute atomic E-state index is 13.3. The average molecular weight is 643 g/mol. The minimum Gasteiger partial charge on any atom is -0.455 e. The van der Waals surface area contributed by atoms with Crippen LogP contribution < -0.4 is 29.5 Å². The van der Waals surface area contributed by atoms with Gasteiger partial charge in [-0.3, -0.25) is 0 Å². The summed E-state index contributed by atoms with van der Waals surface area (Å²) < 4.78 is 39.1. The molecule has 0 bridgehead atoms. The van der Waals surface area contributed by atoms with E-state index < -0.39 is 10.0 Å². The van der Waals surface area contributed by atoms with Crippen molar-refractivity contribution in [2.24, 2.45) is 0 Å². The summed E-state index contributed by atoms with van der Waals surface area (Å²) in [5.74, 6) is 2.01. The number of sulfonamides is 1. The second-order valence-electron chi connectivity index (χ2n) is 13.5. The van der Waals surface area contributed by atoms with Crippen molar-refractivity contribution in [3.63, 3.8) is 0 Å². The smallest absolute Gasteiger partial charge is 0.240 e. The van der Waals surface area contributed by atoms with Crippen LogP contribution in [-0.4, -0.2) is 41.1 Å². The van der Waals surface area contributed by atoms with E-state index in [-0.39, 0.29) is 4.90 Å². The Labute approximate surface area is 272 Å². The topological polar surface area (TPSA) is 61.7 Å². The van der Waals surface area contributed by atoms with Gasteiger partial charge in [0.05, 0.1) is 10.5 Å². The number of nitrogens with zero attached hydrogens (tertiary/aromatic N) is 2. The maximum atomic E-state index is 13.3. The van der Waals surface area contributed by atoms with Crippen LogP contribution >= 0.6 is 12.6 Å². The van der Waals surface area contributed by atoms with Gasteiger partial charge in [0.25, 0.3) is 0 Å². The Morgan fingerprint density at radius 3 is 2.47 bits per heavy atom. The zero-order valence-corrected chi connectivity index (χ0v) is 28.1. The van der Waals surface area contributed by atoms with Crippen LogP contribution in [0.4, 0.5) is 5.69 Å². The number of fused-ring (bicyclic) bond motifs is 4. The summed E-state index contributed by atoms with van der Waals surface area (Å²) in [6, 6.07) is 10.3. The molecule has 0 aliphatic carbocycles. The molecule has 0 atom stereocenters. The van der Waals surface area contributed by atoms with Gasteiger partial charge in [0.2, 0.25) is 15.4 Å². The molecule has 0 spiro atoms. The third kappa shape index (κ3) is 5.03. The zero-order chi connectivity index (χ0) is 30.7. The Hall–Kier alpha value is -2.81. The van der Waals surface area contributed by atoms with E-state index in [1.165, 1.54) is 46.1 Å². The van der Waals surface area contributed by atoms with E-state index in [0.29, 0.717) is 11.4 Å². The lowest BCUT2D eigenvalue weighted by Crippen LogP contribution is -2.45. The molecule has 3 aromatic rings. The highest BCUT2D eigenvalue weighted by Crippen LogP contribution is 2.49. The molecular formula is C37H44N3O3S2+. The highest BCUT2D eigenvalue weighted by molar-refractivity contribution is 7.89. The van der Waals surface area contributed by atoms with E-state index in [2.05, 4.69) is 33.3 Å². The van der Waals surface area contributed by atoms with Gasteiger partial charge in [-0.25, -0.2) is 17.7 Å². The molecule has 5 aliphatic heterocycles. The van der Waals surface area contributed by atoms with E-state index in [9.17, 15) is 8.42 Å². The molecule has 236 valence electrons. The quantitative estimate of drug-likeness (QED) is 0.156. The number of hydrogen-bond acceptors (Lipinski definition) is 5. The van der Waals surface area contributed by atoms with Crippen molar-refractivity contribution in [1.82, 2.24) is 9.30 Å². The minimum atomic E-state index is -3.62. The molecule has 0 amide bonds. The van der Waals surface area contributed by atoms with Gasteiger partial charge in [0.1, 0.15) is 24.6 Å². The van der Waals surface area contributed by atoms with Crippen molar-refractivity contribution < 1.29 is 13.2 Å². The van der Waals surface area contributed by atoms with Crippen molar-refractivity contribution in [3.05, 3.63) is 74.3 Å². The van der Waals surface area contributed by atoms with Crippen LogP contribution in [0, 0.1) is 0 Å². The van der Waals surface area contributed by atoms with Crippen molar-refractivity contribution >= 4 is 33.9 Å². The zero-order valence-electron chi connectivity index (χ0n) is 26.4. The van der Waals surface area contributed by atoms with E-state index in [1.807, 2.05) is 6.07 Å². The molecule has 0 radical (unpaired) electrons. The van der Waals surface area contributed by atoms with Crippen LogP contribution in [0.5, 0.6) is 11.5 Å². The second kappa shape index (κ2) is 11.8. The fourth-order valence-electron chi connectivity index (χ4n) is 8.54. The van der Waals surface area contributed by atoms with Gasteiger partial charge in [-0.1, -0.05) is 32.3 Å². The fraction of sp³-hybridized carbons (Fsp3) is 0.486. The molecule has 1 N–H and O–H groups in total. The number of hydrogen-bond donors (Lipinski definition) is 2. The van der Waals surface area contributed by atoms with Gasteiger partial charge in [-0.2, -0.15) is 0 Å². The minimum absolute atomic E-state index is 0.271. The highest BCUT2D eigenvalue weighted by Gasteiger charge is 2.36. The van der Waals surface area contributed by atoms with Crippen LogP contribution in [0.1, 0.15) is 91.7 Å². The third-order valence-electron chi connectivity index (χ3n) is 10.6. The van der Waals surface area contributed by atoms with Crippen LogP contribution in [-0.2, 0) is 35.7 Å². The monoisotopic (exact) mass is 642 g/mol. The summed E-state index contributed by atoms with van der Waals surface area (Å²) in [7, 11) is -3.62. The molecule has 0 fully saturated rings. The molecule has 45 heavy (non-hydrogen) atoms.